The molecule has 0 aliphatic rings. The summed E-state index contributed by atoms with van der Waals surface area (Å²) < 4.78 is 16.4. The maximum Gasteiger partial charge on any atom is 0.341 e. The number of carbonyl (C=O) groups is 3. The average Bonchev–Trinajstić information content (AvgIpc) is 3.13. The lowest BCUT2D eigenvalue weighted by molar-refractivity contribution is -0.122. The molecule has 8 nitrogen and oxygen atoms in total. The number of rotatable bonds is 10. The first-order valence-electron chi connectivity index (χ1n) is 11.6. The van der Waals surface area contributed by atoms with Crippen LogP contribution in [0.4, 0.5) is 10.7 Å². The summed E-state index contributed by atoms with van der Waals surface area (Å²) in [5.41, 5.74) is 2.10. The lowest BCUT2D eigenvalue weighted by Gasteiger charge is -2.16. The third kappa shape index (κ3) is 6.42. The van der Waals surface area contributed by atoms with Gasteiger partial charge >= 0.3 is 5.97 Å². The monoisotopic (exact) mass is 510 g/mol. The molecule has 0 bridgehead atoms. The van der Waals surface area contributed by atoms with Crippen molar-refractivity contribution in [2.24, 2.45) is 0 Å². The van der Waals surface area contributed by atoms with E-state index in [1.54, 1.807) is 50.2 Å². The van der Waals surface area contributed by atoms with Crippen LogP contribution in [0.2, 0.25) is 0 Å². The molecule has 2 N–H and O–H groups in total. The molecular weight excluding hydrogens is 480 g/mol. The van der Waals surface area contributed by atoms with Crippen LogP contribution in [0.15, 0.2) is 48.5 Å². The molecule has 0 saturated heterocycles. The number of benzene rings is 2. The van der Waals surface area contributed by atoms with Crippen LogP contribution in [-0.4, -0.2) is 37.1 Å². The molecular formula is C27H30N2O6S. The highest BCUT2D eigenvalue weighted by Gasteiger charge is 2.23. The molecule has 3 rings (SSSR count). The first-order valence-corrected chi connectivity index (χ1v) is 12.4. The number of hydrogen-bond donors (Lipinski definition) is 2. The van der Waals surface area contributed by atoms with Gasteiger partial charge in [-0.15, -0.1) is 11.3 Å². The molecule has 1 aromatic heterocycles. The van der Waals surface area contributed by atoms with Crippen LogP contribution in [0.5, 0.6) is 11.5 Å². The number of para-hydroxylation sites is 2. The van der Waals surface area contributed by atoms with E-state index in [0.717, 1.165) is 10.4 Å². The van der Waals surface area contributed by atoms with Gasteiger partial charge in [-0.05, 0) is 76.6 Å². The lowest BCUT2D eigenvalue weighted by atomic mass is 10.1. The van der Waals surface area contributed by atoms with Crippen LogP contribution in [-0.2, 0) is 9.53 Å². The molecule has 2 aromatic carbocycles. The number of carbonyl (C=O) groups excluding carboxylic acids is 3. The molecule has 0 spiro atoms. The predicted molar refractivity (Wildman–Crippen MR) is 140 cm³/mol. The van der Waals surface area contributed by atoms with E-state index in [0.29, 0.717) is 39.9 Å². The predicted octanol–water partition coefficient (Wildman–Crippen LogP) is 5.60. The minimum atomic E-state index is -0.788. The number of ether oxygens (including phenoxy) is 3. The highest BCUT2D eigenvalue weighted by Crippen LogP contribution is 2.33. The van der Waals surface area contributed by atoms with Gasteiger partial charge in [0.1, 0.15) is 16.5 Å². The summed E-state index contributed by atoms with van der Waals surface area (Å²) in [7, 11) is 0. The van der Waals surface area contributed by atoms with E-state index in [-0.39, 0.29) is 18.4 Å². The number of nitrogens with one attached hydrogen (secondary N) is 2. The second-order valence-corrected chi connectivity index (χ2v) is 9.09. The average molecular weight is 511 g/mol. The normalized spacial score (nSPS) is 11.4. The molecule has 0 radical (unpaired) electrons. The Morgan fingerprint density at radius 3 is 2.31 bits per heavy atom. The van der Waals surface area contributed by atoms with Gasteiger partial charge in [0.25, 0.3) is 11.8 Å². The largest absolute Gasteiger partial charge is 0.492 e. The summed E-state index contributed by atoms with van der Waals surface area (Å²) in [6.45, 7) is 9.68. The van der Waals surface area contributed by atoms with Crippen molar-refractivity contribution in [3.8, 4) is 11.5 Å². The molecule has 1 atom stereocenters. The number of hydrogen-bond acceptors (Lipinski definition) is 7. The molecule has 0 aliphatic heterocycles. The van der Waals surface area contributed by atoms with E-state index >= 15 is 0 Å². The highest BCUT2D eigenvalue weighted by atomic mass is 32.1. The highest BCUT2D eigenvalue weighted by molar-refractivity contribution is 7.16. The van der Waals surface area contributed by atoms with E-state index in [4.69, 9.17) is 14.2 Å². The van der Waals surface area contributed by atoms with Gasteiger partial charge in [0, 0.05) is 10.4 Å². The van der Waals surface area contributed by atoms with Gasteiger partial charge in [0.05, 0.1) is 24.5 Å². The van der Waals surface area contributed by atoms with Gasteiger partial charge in [0.2, 0.25) is 0 Å². The Balaban J connectivity index is 1.64. The maximum atomic E-state index is 12.8. The Morgan fingerprint density at radius 1 is 0.944 bits per heavy atom. The topological polar surface area (TPSA) is 103 Å². The smallest absolute Gasteiger partial charge is 0.341 e. The summed E-state index contributed by atoms with van der Waals surface area (Å²) in [6.07, 6.45) is -0.788. The van der Waals surface area contributed by atoms with Crippen molar-refractivity contribution in [3.63, 3.8) is 0 Å². The maximum absolute atomic E-state index is 12.8. The molecule has 0 saturated carbocycles. The molecule has 36 heavy (non-hydrogen) atoms. The lowest BCUT2D eigenvalue weighted by Crippen LogP contribution is -2.30. The fourth-order valence-corrected chi connectivity index (χ4v) is 4.41. The fraction of sp³-hybridized carbons (Fsp3) is 0.296. The number of esters is 1. The van der Waals surface area contributed by atoms with Crippen molar-refractivity contribution >= 4 is 39.8 Å². The molecule has 0 unspecified atom stereocenters. The Bertz CT molecular complexity index is 1240. The Morgan fingerprint density at radius 2 is 1.64 bits per heavy atom. The van der Waals surface area contributed by atoms with E-state index in [9.17, 15) is 14.4 Å². The number of thiophene rings is 1. The first kappa shape index (κ1) is 26.7. The Kier molecular flexibility index (Phi) is 9.08. The summed E-state index contributed by atoms with van der Waals surface area (Å²) in [6, 6.07) is 13.6. The van der Waals surface area contributed by atoms with Crippen LogP contribution in [0.25, 0.3) is 0 Å². The minimum absolute atomic E-state index is 0.248. The Hall–Kier alpha value is -3.85. The first-order chi connectivity index (χ1) is 17.2. The zero-order chi connectivity index (χ0) is 26.2. The van der Waals surface area contributed by atoms with Crippen molar-refractivity contribution in [2.75, 3.05) is 23.8 Å². The Labute approximate surface area is 214 Å². The molecule has 1 heterocycles. The van der Waals surface area contributed by atoms with Crippen molar-refractivity contribution in [1.82, 2.24) is 0 Å². The molecule has 2 amide bonds. The second-order valence-electron chi connectivity index (χ2n) is 7.86. The zero-order valence-corrected chi connectivity index (χ0v) is 21.8. The third-order valence-corrected chi connectivity index (χ3v) is 6.46. The van der Waals surface area contributed by atoms with Crippen LogP contribution < -0.4 is 20.1 Å². The molecule has 3 aromatic rings. The van der Waals surface area contributed by atoms with Gasteiger partial charge in [-0.1, -0.05) is 12.1 Å². The van der Waals surface area contributed by atoms with E-state index < -0.39 is 12.1 Å². The van der Waals surface area contributed by atoms with Gasteiger partial charge in [0.15, 0.2) is 6.10 Å². The van der Waals surface area contributed by atoms with Gasteiger partial charge in [-0.25, -0.2) is 4.79 Å². The second kappa shape index (κ2) is 12.2. The molecule has 190 valence electrons. The summed E-state index contributed by atoms with van der Waals surface area (Å²) in [5.74, 6) is -0.152. The van der Waals surface area contributed by atoms with Crippen molar-refractivity contribution in [1.29, 1.82) is 0 Å². The zero-order valence-electron chi connectivity index (χ0n) is 21.0. The van der Waals surface area contributed by atoms with Crippen molar-refractivity contribution in [3.05, 3.63) is 70.1 Å². The van der Waals surface area contributed by atoms with Gasteiger partial charge in [-0.3, -0.25) is 9.59 Å². The molecule has 0 aliphatic carbocycles. The fourth-order valence-electron chi connectivity index (χ4n) is 3.37. The molecule has 0 fully saturated rings. The standard InChI is InChI=1S/C27H30N2O6S/c1-6-33-22-11-9-8-10-21(22)28-24(30)17(4)35-20-14-12-19(13-15-20)25(31)29-26-23(27(32)34-7-2)16(3)18(5)36-26/h8-15,17H,6-7H2,1-5H3,(H,28,30)(H,29,31)/t17-/m1/s1. The van der Waals surface area contributed by atoms with E-state index in [2.05, 4.69) is 10.6 Å². The van der Waals surface area contributed by atoms with Crippen molar-refractivity contribution < 1.29 is 28.6 Å². The summed E-state index contributed by atoms with van der Waals surface area (Å²) in [5, 5.41) is 6.07. The van der Waals surface area contributed by atoms with Crippen LogP contribution in [0.3, 0.4) is 0 Å². The summed E-state index contributed by atoms with van der Waals surface area (Å²) >= 11 is 1.33. The number of aryl methyl sites for hydroxylation is 1. The van der Waals surface area contributed by atoms with Crippen LogP contribution >= 0.6 is 11.3 Å². The quantitative estimate of drug-likeness (QED) is 0.344. The third-order valence-electron chi connectivity index (χ3n) is 5.34. The molecule has 9 heteroatoms. The van der Waals surface area contributed by atoms with Gasteiger partial charge in [-0.2, -0.15) is 0 Å². The van der Waals surface area contributed by atoms with Crippen molar-refractivity contribution in [2.45, 2.75) is 40.7 Å². The SMILES string of the molecule is CCOC(=O)c1c(NC(=O)c2ccc(O[C@H](C)C(=O)Nc3ccccc3OCC)cc2)sc(C)c1C. The van der Waals surface area contributed by atoms with E-state index in [1.165, 1.54) is 11.3 Å². The van der Waals surface area contributed by atoms with E-state index in [1.807, 2.05) is 32.9 Å². The van der Waals surface area contributed by atoms with Crippen LogP contribution in [0, 0.1) is 13.8 Å². The number of anilines is 2. The van der Waals surface area contributed by atoms with Crippen LogP contribution in [0.1, 0.15) is 51.9 Å². The van der Waals surface area contributed by atoms with Gasteiger partial charge < -0.3 is 24.8 Å². The number of amides is 2. The minimum Gasteiger partial charge on any atom is -0.492 e. The summed E-state index contributed by atoms with van der Waals surface area (Å²) in [4.78, 5) is 38.7.